The van der Waals surface area contributed by atoms with Crippen LogP contribution in [0.1, 0.15) is 23.7 Å². The number of nitro benzene ring substituents is 1. The van der Waals surface area contributed by atoms with Crippen molar-refractivity contribution in [3.05, 3.63) is 64.2 Å². The number of piperazine rings is 1. The zero-order valence-corrected chi connectivity index (χ0v) is 17.7. The van der Waals surface area contributed by atoms with Crippen LogP contribution in [0, 0.1) is 10.1 Å². The summed E-state index contributed by atoms with van der Waals surface area (Å²) in [6, 6.07) is 10.8. The molecule has 0 saturated carbocycles. The highest BCUT2D eigenvalue weighted by Gasteiger charge is 2.27. The van der Waals surface area contributed by atoms with Gasteiger partial charge in [0.15, 0.2) is 0 Å². The summed E-state index contributed by atoms with van der Waals surface area (Å²) in [5.41, 5.74) is -0.121. The third-order valence-corrected chi connectivity index (χ3v) is 6.33. The van der Waals surface area contributed by atoms with E-state index in [4.69, 9.17) is 0 Å². The van der Waals surface area contributed by atoms with Gasteiger partial charge in [0.05, 0.1) is 21.1 Å². The molecule has 31 heavy (non-hydrogen) atoms. The smallest absolute Gasteiger partial charge is 0.270 e. The normalized spacial score (nSPS) is 14.2. The maximum atomic E-state index is 13.0. The standard InChI is InChI=1S/C20H22N4O6S/c1-2-19(25)22-10-12-23(13-11-22)20(26)17-8-3-4-9-18(17)21-31(29,30)16-7-5-6-15(14-16)24(27)28/h3-9,14,21H,2,10-13H2,1H3. The summed E-state index contributed by atoms with van der Waals surface area (Å²) in [6.07, 6.45) is 0.399. The number of non-ortho nitro benzene ring substituents is 1. The highest BCUT2D eigenvalue weighted by molar-refractivity contribution is 7.92. The van der Waals surface area contributed by atoms with Crippen LogP contribution in [-0.4, -0.2) is 61.1 Å². The van der Waals surface area contributed by atoms with Crippen LogP contribution in [0.2, 0.25) is 0 Å². The summed E-state index contributed by atoms with van der Waals surface area (Å²) >= 11 is 0. The van der Waals surface area contributed by atoms with Gasteiger partial charge in [-0.2, -0.15) is 0 Å². The summed E-state index contributed by atoms with van der Waals surface area (Å²) in [4.78, 5) is 38.1. The number of amides is 2. The highest BCUT2D eigenvalue weighted by Crippen LogP contribution is 2.24. The van der Waals surface area contributed by atoms with Crippen molar-refractivity contribution in [1.82, 2.24) is 9.80 Å². The molecule has 11 heteroatoms. The lowest BCUT2D eigenvalue weighted by Gasteiger charge is -2.35. The molecule has 2 aromatic carbocycles. The minimum atomic E-state index is -4.16. The number of carbonyl (C=O) groups excluding carboxylic acids is 2. The largest absolute Gasteiger partial charge is 0.339 e. The third kappa shape index (κ3) is 5.00. The number of hydrogen-bond acceptors (Lipinski definition) is 6. The molecular weight excluding hydrogens is 424 g/mol. The number of sulfonamides is 1. The van der Waals surface area contributed by atoms with Gasteiger partial charge in [0.2, 0.25) is 5.91 Å². The summed E-state index contributed by atoms with van der Waals surface area (Å²) in [5, 5.41) is 11.0. The number of nitrogens with one attached hydrogen (secondary N) is 1. The lowest BCUT2D eigenvalue weighted by molar-refractivity contribution is -0.385. The third-order valence-electron chi connectivity index (χ3n) is 4.96. The number of hydrogen-bond donors (Lipinski definition) is 1. The molecule has 0 atom stereocenters. The van der Waals surface area contributed by atoms with Crippen molar-refractivity contribution in [3.63, 3.8) is 0 Å². The highest BCUT2D eigenvalue weighted by atomic mass is 32.2. The SMILES string of the molecule is CCC(=O)N1CCN(C(=O)c2ccccc2NS(=O)(=O)c2cccc([N+](=O)[O-])c2)CC1. The molecule has 1 aliphatic heterocycles. The first-order valence-electron chi connectivity index (χ1n) is 9.66. The molecule has 1 saturated heterocycles. The molecule has 0 bridgehead atoms. The van der Waals surface area contributed by atoms with Gasteiger partial charge < -0.3 is 9.80 Å². The van der Waals surface area contributed by atoms with Crippen LogP contribution in [0.4, 0.5) is 11.4 Å². The summed E-state index contributed by atoms with van der Waals surface area (Å²) in [7, 11) is -4.16. The maximum absolute atomic E-state index is 13.0. The first kappa shape index (κ1) is 22.2. The fraction of sp³-hybridized carbons (Fsp3) is 0.300. The second-order valence-electron chi connectivity index (χ2n) is 6.93. The Morgan fingerprint density at radius 3 is 2.32 bits per heavy atom. The van der Waals surface area contributed by atoms with Crippen LogP contribution in [0.3, 0.4) is 0 Å². The summed E-state index contributed by atoms with van der Waals surface area (Å²) in [5.74, 6) is -0.335. The molecule has 1 heterocycles. The second kappa shape index (κ2) is 9.13. The van der Waals surface area contributed by atoms with E-state index >= 15 is 0 Å². The van der Waals surface area contributed by atoms with Crippen molar-refractivity contribution in [2.75, 3.05) is 30.9 Å². The second-order valence-corrected chi connectivity index (χ2v) is 8.61. The number of carbonyl (C=O) groups is 2. The van der Waals surface area contributed by atoms with Gasteiger partial charge in [-0.1, -0.05) is 25.1 Å². The molecule has 0 radical (unpaired) electrons. The first-order valence-corrected chi connectivity index (χ1v) is 11.1. The van der Waals surface area contributed by atoms with Crippen LogP contribution in [0.5, 0.6) is 0 Å². The monoisotopic (exact) mass is 446 g/mol. The van der Waals surface area contributed by atoms with Gasteiger partial charge >= 0.3 is 0 Å². The van der Waals surface area contributed by atoms with Crippen LogP contribution < -0.4 is 4.72 Å². The molecule has 2 aromatic rings. The zero-order chi connectivity index (χ0) is 22.6. The average molecular weight is 446 g/mol. The predicted octanol–water partition coefficient (Wildman–Crippen LogP) is 2.09. The van der Waals surface area contributed by atoms with Crippen molar-refractivity contribution in [2.24, 2.45) is 0 Å². The minimum Gasteiger partial charge on any atom is -0.339 e. The quantitative estimate of drug-likeness (QED) is 0.534. The number of nitrogens with zero attached hydrogens (tertiary/aromatic N) is 3. The van der Waals surface area contributed by atoms with E-state index < -0.39 is 14.9 Å². The minimum absolute atomic E-state index is 0.0252. The van der Waals surface area contributed by atoms with Crippen LogP contribution in [-0.2, 0) is 14.8 Å². The van der Waals surface area contributed by atoms with Gasteiger partial charge in [0.1, 0.15) is 0 Å². The molecule has 1 aliphatic rings. The summed E-state index contributed by atoms with van der Waals surface area (Å²) < 4.78 is 27.9. The topological polar surface area (TPSA) is 130 Å². The molecule has 0 aromatic heterocycles. The fourth-order valence-corrected chi connectivity index (χ4v) is 4.40. The van der Waals surface area contributed by atoms with E-state index in [9.17, 15) is 28.1 Å². The molecule has 1 N–H and O–H groups in total. The number of anilines is 1. The molecule has 2 amide bonds. The fourth-order valence-electron chi connectivity index (χ4n) is 3.28. The molecule has 1 fully saturated rings. The van der Waals surface area contributed by atoms with Crippen molar-refractivity contribution in [2.45, 2.75) is 18.2 Å². The van der Waals surface area contributed by atoms with Crippen molar-refractivity contribution in [3.8, 4) is 0 Å². The Morgan fingerprint density at radius 1 is 1.03 bits per heavy atom. The lowest BCUT2D eigenvalue weighted by atomic mass is 10.1. The number of para-hydroxylation sites is 1. The first-order chi connectivity index (χ1) is 14.7. The van der Waals surface area contributed by atoms with E-state index in [1.54, 1.807) is 28.9 Å². The van der Waals surface area contributed by atoms with Crippen LogP contribution >= 0.6 is 0 Å². The molecule has 10 nitrogen and oxygen atoms in total. The number of nitro groups is 1. The van der Waals surface area contributed by atoms with Gasteiger partial charge in [-0.3, -0.25) is 24.4 Å². The molecule has 3 rings (SSSR count). The van der Waals surface area contributed by atoms with Crippen molar-refractivity contribution < 1.29 is 22.9 Å². The molecular formula is C20H22N4O6S. The molecule has 0 unspecified atom stereocenters. The van der Waals surface area contributed by atoms with E-state index in [2.05, 4.69) is 4.72 Å². The van der Waals surface area contributed by atoms with Crippen LogP contribution in [0.15, 0.2) is 53.4 Å². The van der Waals surface area contributed by atoms with Crippen molar-refractivity contribution >= 4 is 33.2 Å². The van der Waals surface area contributed by atoms with E-state index in [1.807, 2.05) is 0 Å². The Labute approximate surface area is 179 Å². The van der Waals surface area contributed by atoms with E-state index in [0.717, 1.165) is 6.07 Å². The Morgan fingerprint density at radius 2 is 1.68 bits per heavy atom. The molecule has 0 spiro atoms. The molecule has 164 valence electrons. The van der Waals surface area contributed by atoms with Gasteiger partial charge in [-0.15, -0.1) is 0 Å². The van der Waals surface area contributed by atoms with Gasteiger partial charge in [-0.25, -0.2) is 8.42 Å². The number of benzene rings is 2. The van der Waals surface area contributed by atoms with Gasteiger partial charge in [0, 0.05) is 44.7 Å². The van der Waals surface area contributed by atoms with Crippen molar-refractivity contribution in [1.29, 1.82) is 0 Å². The van der Waals surface area contributed by atoms with E-state index in [-0.39, 0.29) is 33.6 Å². The molecule has 0 aliphatic carbocycles. The number of rotatable bonds is 6. The van der Waals surface area contributed by atoms with E-state index in [1.165, 1.54) is 30.3 Å². The predicted molar refractivity (Wildman–Crippen MR) is 113 cm³/mol. The Bertz CT molecular complexity index is 1110. The Balaban J connectivity index is 1.81. The maximum Gasteiger partial charge on any atom is 0.270 e. The Kier molecular flexibility index (Phi) is 6.54. The van der Waals surface area contributed by atoms with Gasteiger partial charge in [0.25, 0.3) is 21.6 Å². The van der Waals surface area contributed by atoms with Gasteiger partial charge in [-0.05, 0) is 18.2 Å². The average Bonchev–Trinajstić information content (AvgIpc) is 2.78. The lowest BCUT2D eigenvalue weighted by Crippen LogP contribution is -2.50. The van der Waals surface area contributed by atoms with Crippen LogP contribution in [0.25, 0.3) is 0 Å². The summed E-state index contributed by atoms with van der Waals surface area (Å²) in [6.45, 7) is 3.30. The Hall–Kier alpha value is -3.47. The van der Waals surface area contributed by atoms with E-state index in [0.29, 0.717) is 32.6 Å². The zero-order valence-electron chi connectivity index (χ0n) is 16.9.